The topological polar surface area (TPSA) is 24.5 Å². The van der Waals surface area contributed by atoms with Crippen molar-refractivity contribution in [2.75, 3.05) is 32.2 Å². The maximum Gasteiger partial charge on any atom is 0.0670 e. The first-order valence-corrected chi connectivity index (χ1v) is 6.75. The molecule has 0 saturated carbocycles. The summed E-state index contributed by atoms with van der Waals surface area (Å²) in [4.78, 5) is 2.34. The van der Waals surface area contributed by atoms with Crippen LogP contribution in [-0.2, 0) is 11.3 Å². The third kappa shape index (κ3) is 3.00. The van der Waals surface area contributed by atoms with Crippen molar-refractivity contribution < 1.29 is 4.74 Å². The SMILES string of the molecule is CNCc1cc(Br)ccc1N(C)C1CCOC1. The zero-order valence-corrected chi connectivity index (χ0v) is 12.0. The van der Waals surface area contributed by atoms with Crippen molar-refractivity contribution in [3.05, 3.63) is 28.2 Å². The van der Waals surface area contributed by atoms with Gasteiger partial charge in [0.1, 0.15) is 0 Å². The van der Waals surface area contributed by atoms with Crippen LogP contribution in [0.4, 0.5) is 5.69 Å². The number of hydrogen-bond donors (Lipinski definition) is 1. The molecule has 0 aromatic heterocycles. The minimum atomic E-state index is 0.506. The molecule has 17 heavy (non-hydrogen) atoms. The van der Waals surface area contributed by atoms with E-state index >= 15 is 0 Å². The second-order valence-corrected chi connectivity index (χ2v) is 5.35. The van der Waals surface area contributed by atoms with Gasteiger partial charge in [0.2, 0.25) is 0 Å². The van der Waals surface area contributed by atoms with Crippen LogP contribution < -0.4 is 10.2 Å². The Balaban J connectivity index is 2.23. The molecule has 1 N–H and O–H groups in total. The molecule has 1 saturated heterocycles. The van der Waals surface area contributed by atoms with E-state index in [4.69, 9.17) is 4.74 Å². The van der Waals surface area contributed by atoms with Crippen LogP contribution in [0.5, 0.6) is 0 Å². The second-order valence-electron chi connectivity index (χ2n) is 4.43. The van der Waals surface area contributed by atoms with Crippen LogP contribution in [0, 0.1) is 0 Å². The fourth-order valence-corrected chi connectivity index (χ4v) is 2.66. The maximum absolute atomic E-state index is 5.46. The number of halogens is 1. The molecule has 0 aliphatic carbocycles. The van der Waals surface area contributed by atoms with Gasteiger partial charge in [0, 0.05) is 30.4 Å². The highest BCUT2D eigenvalue weighted by molar-refractivity contribution is 9.10. The maximum atomic E-state index is 5.46. The molecule has 0 bridgehead atoms. The van der Waals surface area contributed by atoms with Crippen molar-refractivity contribution in [2.24, 2.45) is 0 Å². The molecule has 1 aromatic rings. The van der Waals surface area contributed by atoms with Gasteiger partial charge in [-0.15, -0.1) is 0 Å². The number of anilines is 1. The van der Waals surface area contributed by atoms with Crippen molar-refractivity contribution in [1.82, 2.24) is 5.32 Å². The van der Waals surface area contributed by atoms with Crippen LogP contribution in [0.1, 0.15) is 12.0 Å². The van der Waals surface area contributed by atoms with E-state index in [9.17, 15) is 0 Å². The molecule has 3 nitrogen and oxygen atoms in total. The molecule has 1 heterocycles. The molecule has 2 rings (SSSR count). The fraction of sp³-hybridized carbons (Fsp3) is 0.538. The van der Waals surface area contributed by atoms with Gasteiger partial charge in [-0.1, -0.05) is 15.9 Å². The average molecular weight is 299 g/mol. The predicted octanol–water partition coefficient (Wildman–Crippen LogP) is 2.39. The first-order valence-electron chi connectivity index (χ1n) is 5.96. The third-order valence-electron chi connectivity index (χ3n) is 3.24. The highest BCUT2D eigenvalue weighted by Crippen LogP contribution is 2.27. The lowest BCUT2D eigenvalue weighted by atomic mass is 10.1. The lowest BCUT2D eigenvalue weighted by Gasteiger charge is -2.28. The Bertz CT molecular complexity index is 378. The number of benzene rings is 1. The summed E-state index contributed by atoms with van der Waals surface area (Å²) in [5.41, 5.74) is 2.61. The van der Waals surface area contributed by atoms with E-state index in [1.54, 1.807) is 0 Å². The summed E-state index contributed by atoms with van der Waals surface area (Å²) in [6, 6.07) is 6.96. The Hall–Kier alpha value is -0.580. The van der Waals surface area contributed by atoms with Gasteiger partial charge in [-0.2, -0.15) is 0 Å². The fourth-order valence-electron chi connectivity index (χ4n) is 2.25. The molecular weight excluding hydrogens is 280 g/mol. The van der Waals surface area contributed by atoms with E-state index in [-0.39, 0.29) is 0 Å². The van der Waals surface area contributed by atoms with Gasteiger partial charge >= 0.3 is 0 Å². The number of rotatable bonds is 4. The predicted molar refractivity (Wildman–Crippen MR) is 74.5 cm³/mol. The summed E-state index contributed by atoms with van der Waals surface area (Å²) >= 11 is 3.53. The minimum absolute atomic E-state index is 0.506. The minimum Gasteiger partial charge on any atom is -0.379 e. The Morgan fingerprint density at radius 3 is 3.00 bits per heavy atom. The molecule has 1 aromatic carbocycles. The van der Waals surface area contributed by atoms with Crippen molar-refractivity contribution in [3.63, 3.8) is 0 Å². The third-order valence-corrected chi connectivity index (χ3v) is 3.74. The van der Waals surface area contributed by atoms with Crippen molar-refractivity contribution in [2.45, 2.75) is 19.0 Å². The highest BCUT2D eigenvalue weighted by atomic mass is 79.9. The Kier molecular flexibility index (Phi) is 4.42. The number of likely N-dealkylation sites (N-methyl/N-ethyl adjacent to an activating group) is 1. The van der Waals surface area contributed by atoms with Gasteiger partial charge < -0.3 is 15.0 Å². The zero-order valence-electron chi connectivity index (χ0n) is 10.4. The Labute approximate surface area is 111 Å². The molecule has 0 radical (unpaired) electrons. The van der Waals surface area contributed by atoms with Gasteiger partial charge in [-0.05, 0) is 37.2 Å². The Morgan fingerprint density at radius 2 is 2.35 bits per heavy atom. The van der Waals surface area contributed by atoms with E-state index < -0.39 is 0 Å². The van der Waals surface area contributed by atoms with Crippen LogP contribution in [0.3, 0.4) is 0 Å². The molecule has 0 amide bonds. The van der Waals surface area contributed by atoms with Crippen LogP contribution in [0.2, 0.25) is 0 Å². The first kappa shape index (κ1) is 12.9. The van der Waals surface area contributed by atoms with Gasteiger partial charge in [-0.25, -0.2) is 0 Å². The van der Waals surface area contributed by atoms with Gasteiger partial charge in [-0.3, -0.25) is 0 Å². The molecule has 1 atom stereocenters. The van der Waals surface area contributed by atoms with E-state index in [1.807, 2.05) is 7.05 Å². The number of hydrogen-bond acceptors (Lipinski definition) is 3. The van der Waals surface area contributed by atoms with Crippen LogP contribution in [-0.4, -0.2) is 33.4 Å². The van der Waals surface area contributed by atoms with E-state index in [0.29, 0.717) is 6.04 Å². The molecule has 0 spiro atoms. The summed E-state index contributed by atoms with van der Waals surface area (Å²) < 4.78 is 6.58. The second kappa shape index (κ2) is 5.85. The largest absolute Gasteiger partial charge is 0.379 e. The van der Waals surface area contributed by atoms with Gasteiger partial charge in [0.15, 0.2) is 0 Å². The molecule has 1 fully saturated rings. The van der Waals surface area contributed by atoms with Gasteiger partial charge in [0.25, 0.3) is 0 Å². The number of nitrogens with one attached hydrogen (secondary N) is 1. The standard InChI is InChI=1S/C13H19BrN2O/c1-15-8-10-7-11(14)3-4-13(10)16(2)12-5-6-17-9-12/h3-4,7,12,15H,5-6,8-9H2,1-2H3. The molecular formula is C13H19BrN2O. The monoisotopic (exact) mass is 298 g/mol. The van der Waals surface area contributed by atoms with E-state index in [1.165, 1.54) is 11.3 Å². The van der Waals surface area contributed by atoms with Crippen molar-refractivity contribution in [1.29, 1.82) is 0 Å². The zero-order chi connectivity index (χ0) is 12.3. The van der Waals surface area contributed by atoms with Crippen molar-refractivity contribution in [3.8, 4) is 0 Å². The normalized spacial score (nSPS) is 19.6. The number of nitrogens with zero attached hydrogens (tertiary/aromatic N) is 1. The average Bonchev–Trinajstić information content (AvgIpc) is 2.82. The summed E-state index contributed by atoms with van der Waals surface area (Å²) in [6.07, 6.45) is 1.12. The van der Waals surface area contributed by atoms with Crippen LogP contribution in [0.25, 0.3) is 0 Å². The molecule has 1 aliphatic heterocycles. The molecule has 94 valence electrons. The highest BCUT2D eigenvalue weighted by Gasteiger charge is 2.22. The van der Waals surface area contributed by atoms with Crippen molar-refractivity contribution >= 4 is 21.6 Å². The summed E-state index contributed by atoms with van der Waals surface area (Å²) in [7, 11) is 4.13. The van der Waals surface area contributed by atoms with Gasteiger partial charge in [0.05, 0.1) is 12.6 Å². The quantitative estimate of drug-likeness (QED) is 0.924. The number of ether oxygens (including phenoxy) is 1. The van der Waals surface area contributed by atoms with Crippen LogP contribution in [0.15, 0.2) is 22.7 Å². The summed E-state index contributed by atoms with van der Waals surface area (Å²) in [6.45, 7) is 2.60. The van der Waals surface area contributed by atoms with E-state index in [0.717, 1.165) is 30.7 Å². The lowest BCUT2D eigenvalue weighted by Crippen LogP contribution is -2.32. The smallest absolute Gasteiger partial charge is 0.0670 e. The molecule has 4 heteroatoms. The van der Waals surface area contributed by atoms with E-state index in [2.05, 4.69) is 51.4 Å². The first-order chi connectivity index (χ1) is 8.22. The molecule has 1 aliphatic rings. The lowest BCUT2D eigenvalue weighted by molar-refractivity contribution is 0.193. The molecule has 1 unspecified atom stereocenters. The summed E-state index contributed by atoms with van der Waals surface area (Å²) in [5.74, 6) is 0. The summed E-state index contributed by atoms with van der Waals surface area (Å²) in [5, 5.41) is 3.22. The Morgan fingerprint density at radius 1 is 1.53 bits per heavy atom. The van der Waals surface area contributed by atoms with Crippen LogP contribution >= 0.6 is 15.9 Å².